The van der Waals surface area contributed by atoms with Crippen molar-refractivity contribution in [3.63, 3.8) is 0 Å². The number of nitrogen functional groups attached to an aromatic ring is 1. The molecule has 6 heteroatoms. The van der Waals surface area contributed by atoms with Gasteiger partial charge in [-0.05, 0) is 24.3 Å². The summed E-state index contributed by atoms with van der Waals surface area (Å²) in [4.78, 5) is 20.7. The molecular weight excluding hydrogens is 276 g/mol. The Kier molecular flexibility index (Phi) is 3.12. The van der Waals surface area contributed by atoms with Gasteiger partial charge < -0.3 is 5.73 Å². The number of fused-ring (bicyclic) bond motifs is 1. The molecule has 0 aliphatic heterocycles. The van der Waals surface area contributed by atoms with Crippen LogP contribution in [0.3, 0.4) is 0 Å². The van der Waals surface area contributed by atoms with Gasteiger partial charge in [-0.1, -0.05) is 23.7 Å². The molecule has 0 unspecified atom stereocenters. The van der Waals surface area contributed by atoms with Crippen LogP contribution in [0.25, 0.3) is 10.9 Å². The molecule has 2 N–H and O–H groups in total. The maximum absolute atomic E-state index is 12.3. The third kappa shape index (κ3) is 2.23. The van der Waals surface area contributed by atoms with E-state index in [1.807, 2.05) is 12.1 Å². The second kappa shape index (κ2) is 4.94. The first-order chi connectivity index (χ1) is 9.65. The highest BCUT2D eigenvalue weighted by atomic mass is 35.5. The molecule has 0 atom stereocenters. The quantitative estimate of drug-likeness (QED) is 0.783. The number of hydrogen-bond donors (Lipinski definition) is 1. The van der Waals surface area contributed by atoms with Crippen LogP contribution in [0.5, 0.6) is 0 Å². The molecule has 5 nitrogen and oxygen atoms in total. The molecule has 0 spiro atoms. The maximum Gasteiger partial charge on any atom is 0.261 e. The van der Waals surface area contributed by atoms with Gasteiger partial charge in [-0.3, -0.25) is 9.36 Å². The Bertz CT molecular complexity index is 844. The topological polar surface area (TPSA) is 73.8 Å². The number of aromatic nitrogens is 3. The van der Waals surface area contributed by atoms with Crippen LogP contribution < -0.4 is 11.3 Å². The Balaban J connectivity index is 2.09. The van der Waals surface area contributed by atoms with E-state index in [1.165, 1.54) is 10.9 Å². The Labute approximate surface area is 119 Å². The molecule has 0 amide bonds. The highest BCUT2D eigenvalue weighted by Crippen LogP contribution is 2.16. The zero-order valence-electron chi connectivity index (χ0n) is 10.5. The lowest BCUT2D eigenvalue weighted by Crippen LogP contribution is -2.21. The standard InChI is InChI=1S/C14H11ClN4O/c15-10-5-6-13(16)18-12(10)7-19-8-17-11-4-2-1-3-9(11)14(19)20/h1-6,8H,7H2,(H2,16,18). The lowest BCUT2D eigenvalue weighted by atomic mass is 10.2. The molecule has 1 aromatic carbocycles. The van der Waals surface area contributed by atoms with Crippen molar-refractivity contribution in [2.75, 3.05) is 5.73 Å². The summed E-state index contributed by atoms with van der Waals surface area (Å²) in [7, 11) is 0. The molecule has 0 radical (unpaired) electrons. The maximum atomic E-state index is 12.3. The van der Waals surface area contributed by atoms with Gasteiger partial charge in [-0.2, -0.15) is 0 Å². The summed E-state index contributed by atoms with van der Waals surface area (Å²) in [6.07, 6.45) is 1.49. The monoisotopic (exact) mass is 286 g/mol. The third-order valence-electron chi connectivity index (χ3n) is 2.99. The first-order valence-electron chi connectivity index (χ1n) is 6.00. The van der Waals surface area contributed by atoms with Crippen LogP contribution in [0.1, 0.15) is 5.69 Å². The van der Waals surface area contributed by atoms with Gasteiger partial charge in [0.1, 0.15) is 5.82 Å². The van der Waals surface area contributed by atoms with Crippen LogP contribution in [-0.4, -0.2) is 14.5 Å². The molecule has 3 rings (SSSR count). The van der Waals surface area contributed by atoms with Crippen LogP contribution in [0.2, 0.25) is 5.02 Å². The van der Waals surface area contributed by atoms with Crippen molar-refractivity contribution in [3.05, 3.63) is 63.8 Å². The zero-order chi connectivity index (χ0) is 14.1. The van der Waals surface area contributed by atoms with Gasteiger partial charge in [-0.25, -0.2) is 9.97 Å². The van der Waals surface area contributed by atoms with Crippen molar-refractivity contribution in [3.8, 4) is 0 Å². The summed E-state index contributed by atoms with van der Waals surface area (Å²) in [5.41, 5.74) is 6.72. The second-order valence-electron chi connectivity index (χ2n) is 4.36. The third-order valence-corrected chi connectivity index (χ3v) is 3.34. The molecule has 0 aliphatic carbocycles. The molecule has 2 aromatic heterocycles. The molecule has 0 saturated carbocycles. The van der Waals surface area contributed by atoms with Crippen molar-refractivity contribution < 1.29 is 0 Å². The highest BCUT2D eigenvalue weighted by Gasteiger charge is 2.08. The number of pyridine rings is 1. The molecule has 20 heavy (non-hydrogen) atoms. The van der Waals surface area contributed by atoms with E-state index in [0.29, 0.717) is 27.4 Å². The van der Waals surface area contributed by atoms with Crippen LogP contribution in [-0.2, 0) is 6.54 Å². The van der Waals surface area contributed by atoms with Crippen LogP contribution in [0.4, 0.5) is 5.82 Å². The van der Waals surface area contributed by atoms with Crippen molar-refractivity contribution in [2.24, 2.45) is 0 Å². The minimum atomic E-state index is -0.129. The number of halogens is 1. The predicted molar refractivity (Wildman–Crippen MR) is 78.8 cm³/mol. The average Bonchev–Trinajstić information content (AvgIpc) is 2.46. The smallest absolute Gasteiger partial charge is 0.261 e. The Hall–Kier alpha value is -2.40. The van der Waals surface area contributed by atoms with Crippen molar-refractivity contribution in [1.29, 1.82) is 0 Å². The normalized spacial score (nSPS) is 10.8. The Morgan fingerprint density at radius 2 is 2.00 bits per heavy atom. The van der Waals surface area contributed by atoms with Crippen molar-refractivity contribution >= 4 is 28.3 Å². The van der Waals surface area contributed by atoms with E-state index in [-0.39, 0.29) is 12.1 Å². The Morgan fingerprint density at radius 1 is 1.20 bits per heavy atom. The molecule has 0 aliphatic rings. The van der Waals surface area contributed by atoms with Gasteiger partial charge in [-0.15, -0.1) is 0 Å². The first-order valence-corrected chi connectivity index (χ1v) is 6.38. The SMILES string of the molecule is Nc1ccc(Cl)c(Cn2cnc3ccccc3c2=O)n1. The average molecular weight is 287 g/mol. The number of para-hydroxylation sites is 1. The minimum Gasteiger partial charge on any atom is -0.384 e. The largest absolute Gasteiger partial charge is 0.384 e. The lowest BCUT2D eigenvalue weighted by Gasteiger charge is -2.08. The molecule has 100 valence electrons. The molecular formula is C14H11ClN4O. The number of rotatable bonds is 2. The molecule has 3 aromatic rings. The number of nitrogens with zero attached hydrogens (tertiary/aromatic N) is 3. The van der Waals surface area contributed by atoms with Crippen molar-refractivity contribution in [2.45, 2.75) is 6.54 Å². The van der Waals surface area contributed by atoms with E-state index in [9.17, 15) is 4.79 Å². The molecule has 0 fully saturated rings. The van der Waals surface area contributed by atoms with E-state index in [2.05, 4.69) is 9.97 Å². The van der Waals surface area contributed by atoms with Gasteiger partial charge >= 0.3 is 0 Å². The summed E-state index contributed by atoms with van der Waals surface area (Å²) in [5.74, 6) is 0.367. The number of benzene rings is 1. The summed E-state index contributed by atoms with van der Waals surface area (Å²) in [6.45, 7) is 0.237. The second-order valence-corrected chi connectivity index (χ2v) is 4.77. The fourth-order valence-corrected chi connectivity index (χ4v) is 2.16. The van der Waals surface area contributed by atoms with Crippen LogP contribution in [0.15, 0.2) is 47.5 Å². The number of anilines is 1. The Morgan fingerprint density at radius 3 is 2.85 bits per heavy atom. The molecule has 2 heterocycles. The fraction of sp³-hybridized carbons (Fsp3) is 0.0714. The summed E-state index contributed by atoms with van der Waals surface area (Å²) in [6, 6.07) is 10.5. The fourth-order valence-electron chi connectivity index (χ4n) is 1.99. The van der Waals surface area contributed by atoms with E-state index >= 15 is 0 Å². The van der Waals surface area contributed by atoms with E-state index in [0.717, 1.165) is 0 Å². The summed E-state index contributed by atoms with van der Waals surface area (Å²) < 4.78 is 1.47. The molecule has 0 bridgehead atoms. The number of hydrogen-bond acceptors (Lipinski definition) is 4. The van der Waals surface area contributed by atoms with Gasteiger partial charge in [0.25, 0.3) is 5.56 Å². The van der Waals surface area contributed by atoms with Crippen LogP contribution >= 0.6 is 11.6 Å². The van der Waals surface area contributed by atoms with E-state index in [1.54, 1.807) is 24.3 Å². The first kappa shape index (κ1) is 12.6. The summed E-state index contributed by atoms with van der Waals surface area (Å²) in [5, 5.41) is 1.04. The molecule has 0 saturated heterocycles. The van der Waals surface area contributed by atoms with Crippen LogP contribution in [0, 0.1) is 0 Å². The zero-order valence-corrected chi connectivity index (χ0v) is 11.2. The highest BCUT2D eigenvalue weighted by molar-refractivity contribution is 6.31. The van der Waals surface area contributed by atoms with Gasteiger partial charge in [0.05, 0.1) is 34.5 Å². The van der Waals surface area contributed by atoms with Crippen molar-refractivity contribution in [1.82, 2.24) is 14.5 Å². The van der Waals surface area contributed by atoms with Gasteiger partial charge in [0.2, 0.25) is 0 Å². The number of nitrogens with two attached hydrogens (primary N) is 1. The summed E-state index contributed by atoms with van der Waals surface area (Å²) >= 11 is 6.06. The lowest BCUT2D eigenvalue weighted by molar-refractivity contribution is 0.731. The van der Waals surface area contributed by atoms with Gasteiger partial charge in [0, 0.05) is 0 Å². The van der Waals surface area contributed by atoms with E-state index in [4.69, 9.17) is 17.3 Å². The minimum absolute atomic E-state index is 0.129. The predicted octanol–water partition coefficient (Wildman–Crippen LogP) is 2.08. The van der Waals surface area contributed by atoms with Gasteiger partial charge in [0.15, 0.2) is 0 Å². The van der Waals surface area contributed by atoms with E-state index < -0.39 is 0 Å².